The zero-order valence-electron chi connectivity index (χ0n) is 15.7. The quantitative estimate of drug-likeness (QED) is 0.260. The van der Waals surface area contributed by atoms with E-state index >= 15 is 0 Å². The number of methoxy groups -OCH3 is 1. The van der Waals surface area contributed by atoms with Gasteiger partial charge < -0.3 is 38.8 Å². The van der Waals surface area contributed by atoms with Gasteiger partial charge >= 0.3 is 0 Å². The summed E-state index contributed by atoms with van der Waals surface area (Å²) in [7, 11) is 1.65. The van der Waals surface area contributed by atoms with E-state index in [-0.39, 0.29) is 6.61 Å². The van der Waals surface area contributed by atoms with E-state index in [1.54, 1.807) is 7.11 Å². The molecule has 0 saturated heterocycles. The number of aliphatic hydroxyl groups excluding tert-OH is 1. The molecule has 0 radical (unpaired) electrons. The second-order valence-corrected chi connectivity index (χ2v) is 5.24. The standard InChI is InChI=1S/C17H37NO7/c1-20-10-11-24-15-12-21-7-3-8-22-13-16-25-17-14-23-9-5-18-4-2-6-19/h18-19H,2-17H2,1H3. The van der Waals surface area contributed by atoms with E-state index < -0.39 is 0 Å². The van der Waals surface area contributed by atoms with Crippen molar-refractivity contribution in [1.82, 2.24) is 5.32 Å². The van der Waals surface area contributed by atoms with Crippen molar-refractivity contribution in [3.05, 3.63) is 0 Å². The second kappa shape index (κ2) is 23.7. The molecular weight excluding hydrogens is 330 g/mol. The van der Waals surface area contributed by atoms with Gasteiger partial charge in [0.25, 0.3) is 0 Å². The third-order valence-electron chi connectivity index (χ3n) is 3.06. The molecule has 8 nitrogen and oxygen atoms in total. The largest absolute Gasteiger partial charge is 0.396 e. The highest BCUT2D eigenvalue weighted by atomic mass is 16.5. The van der Waals surface area contributed by atoms with Crippen LogP contribution in [0.3, 0.4) is 0 Å². The van der Waals surface area contributed by atoms with Gasteiger partial charge in [0, 0.05) is 33.5 Å². The molecule has 0 aliphatic heterocycles. The fourth-order valence-corrected chi connectivity index (χ4v) is 1.74. The van der Waals surface area contributed by atoms with Gasteiger partial charge in [-0.25, -0.2) is 0 Å². The van der Waals surface area contributed by atoms with Crippen LogP contribution in [0.1, 0.15) is 12.8 Å². The van der Waals surface area contributed by atoms with E-state index in [1.807, 2.05) is 0 Å². The lowest BCUT2D eigenvalue weighted by Gasteiger charge is -2.08. The predicted molar refractivity (Wildman–Crippen MR) is 95.2 cm³/mol. The number of aliphatic hydroxyl groups is 1. The first-order valence-corrected chi connectivity index (χ1v) is 9.11. The van der Waals surface area contributed by atoms with Crippen LogP contribution in [-0.4, -0.2) is 105 Å². The summed E-state index contributed by atoms with van der Waals surface area (Å²) in [6.07, 6.45) is 1.64. The Balaban J connectivity index is 2.94. The first kappa shape index (κ1) is 24.7. The van der Waals surface area contributed by atoms with Crippen LogP contribution < -0.4 is 5.32 Å². The topological polar surface area (TPSA) is 87.6 Å². The molecule has 0 fully saturated rings. The predicted octanol–water partition coefficient (Wildman–Crippen LogP) is 0.0779. The molecule has 0 unspecified atom stereocenters. The van der Waals surface area contributed by atoms with Crippen LogP contribution in [0.15, 0.2) is 0 Å². The van der Waals surface area contributed by atoms with Gasteiger partial charge in [0.2, 0.25) is 0 Å². The Morgan fingerprint density at radius 1 is 0.560 bits per heavy atom. The van der Waals surface area contributed by atoms with Gasteiger partial charge in [0.1, 0.15) is 0 Å². The van der Waals surface area contributed by atoms with E-state index in [1.165, 1.54) is 0 Å². The van der Waals surface area contributed by atoms with Gasteiger partial charge in [-0.3, -0.25) is 0 Å². The average molecular weight is 367 g/mol. The van der Waals surface area contributed by atoms with Gasteiger partial charge in [-0.1, -0.05) is 0 Å². The Morgan fingerprint density at radius 2 is 1.04 bits per heavy atom. The van der Waals surface area contributed by atoms with Gasteiger partial charge in [0.05, 0.1) is 59.5 Å². The molecule has 25 heavy (non-hydrogen) atoms. The van der Waals surface area contributed by atoms with Crippen molar-refractivity contribution in [2.45, 2.75) is 12.8 Å². The maximum atomic E-state index is 8.61. The summed E-state index contributed by atoms with van der Waals surface area (Å²) in [6.45, 7) is 8.58. The highest BCUT2D eigenvalue weighted by Gasteiger charge is 1.94. The second-order valence-electron chi connectivity index (χ2n) is 5.24. The Morgan fingerprint density at radius 3 is 1.56 bits per heavy atom. The SMILES string of the molecule is COCCOCCOCCCOCCOCCOCCNCCCO. The molecule has 0 saturated carbocycles. The molecule has 2 N–H and O–H groups in total. The smallest absolute Gasteiger partial charge is 0.0701 e. The number of nitrogens with one attached hydrogen (secondary N) is 1. The minimum absolute atomic E-state index is 0.223. The molecule has 0 aromatic heterocycles. The summed E-state index contributed by atoms with van der Waals surface area (Å²) in [5, 5.41) is 11.8. The number of ether oxygens (including phenoxy) is 6. The minimum Gasteiger partial charge on any atom is -0.396 e. The fraction of sp³-hybridized carbons (Fsp3) is 1.00. The summed E-state index contributed by atoms with van der Waals surface area (Å²) in [6, 6.07) is 0. The molecule has 0 bridgehead atoms. The monoisotopic (exact) mass is 367 g/mol. The highest BCUT2D eigenvalue weighted by molar-refractivity contribution is 4.45. The lowest BCUT2D eigenvalue weighted by atomic mass is 10.4. The van der Waals surface area contributed by atoms with Crippen molar-refractivity contribution in [2.75, 3.05) is 99.5 Å². The number of rotatable bonds is 22. The zero-order chi connectivity index (χ0) is 18.3. The van der Waals surface area contributed by atoms with Gasteiger partial charge in [-0.2, -0.15) is 0 Å². The minimum atomic E-state index is 0.223. The molecule has 0 aromatic carbocycles. The van der Waals surface area contributed by atoms with E-state index in [0.717, 1.165) is 25.9 Å². The van der Waals surface area contributed by atoms with E-state index in [0.29, 0.717) is 72.7 Å². The maximum absolute atomic E-state index is 8.61. The zero-order valence-corrected chi connectivity index (χ0v) is 15.7. The Bertz CT molecular complexity index is 213. The average Bonchev–Trinajstić information content (AvgIpc) is 2.63. The highest BCUT2D eigenvalue weighted by Crippen LogP contribution is 1.87. The molecule has 0 rings (SSSR count). The van der Waals surface area contributed by atoms with Crippen LogP contribution >= 0.6 is 0 Å². The molecule has 152 valence electrons. The summed E-state index contributed by atoms with van der Waals surface area (Å²) in [4.78, 5) is 0. The number of hydrogen-bond donors (Lipinski definition) is 2. The lowest BCUT2D eigenvalue weighted by molar-refractivity contribution is 0.00300. The van der Waals surface area contributed by atoms with Crippen molar-refractivity contribution in [2.24, 2.45) is 0 Å². The van der Waals surface area contributed by atoms with Gasteiger partial charge in [-0.05, 0) is 19.4 Å². The van der Waals surface area contributed by atoms with Gasteiger partial charge in [0.15, 0.2) is 0 Å². The van der Waals surface area contributed by atoms with Crippen LogP contribution in [0.4, 0.5) is 0 Å². The van der Waals surface area contributed by atoms with Crippen LogP contribution in [0.2, 0.25) is 0 Å². The summed E-state index contributed by atoms with van der Waals surface area (Å²) < 4.78 is 31.8. The number of hydrogen-bond acceptors (Lipinski definition) is 8. The van der Waals surface area contributed by atoms with Crippen molar-refractivity contribution in [1.29, 1.82) is 0 Å². The van der Waals surface area contributed by atoms with Crippen molar-refractivity contribution < 1.29 is 33.5 Å². The molecule has 0 atom stereocenters. The van der Waals surface area contributed by atoms with E-state index in [4.69, 9.17) is 33.5 Å². The molecule has 0 aliphatic carbocycles. The van der Waals surface area contributed by atoms with Crippen LogP contribution in [0.5, 0.6) is 0 Å². The van der Waals surface area contributed by atoms with Gasteiger partial charge in [-0.15, -0.1) is 0 Å². The lowest BCUT2D eigenvalue weighted by Crippen LogP contribution is -2.22. The van der Waals surface area contributed by atoms with Crippen molar-refractivity contribution >= 4 is 0 Å². The molecule has 0 spiro atoms. The third kappa shape index (κ3) is 23.7. The maximum Gasteiger partial charge on any atom is 0.0701 e. The van der Waals surface area contributed by atoms with Crippen LogP contribution in [0.25, 0.3) is 0 Å². The molecular formula is C17H37NO7. The van der Waals surface area contributed by atoms with Crippen molar-refractivity contribution in [3.63, 3.8) is 0 Å². The molecule has 0 heterocycles. The van der Waals surface area contributed by atoms with E-state index in [2.05, 4.69) is 5.32 Å². The fourth-order valence-electron chi connectivity index (χ4n) is 1.74. The normalized spacial score (nSPS) is 11.3. The first-order chi connectivity index (χ1) is 12.4. The van der Waals surface area contributed by atoms with Crippen LogP contribution in [-0.2, 0) is 28.4 Å². The molecule has 0 amide bonds. The third-order valence-corrected chi connectivity index (χ3v) is 3.06. The van der Waals surface area contributed by atoms with Crippen LogP contribution in [0, 0.1) is 0 Å². The Hall–Kier alpha value is -0.320. The Labute approximate surface area is 152 Å². The molecule has 0 aromatic rings. The van der Waals surface area contributed by atoms with Crippen molar-refractivity contribution in [3.8, 4) is 0 Å². The Kier molecular flexibility index (Phi) is 23.4. The first-order valence-electron chi connectivity index (χ1n) is 9.11. The molecule has 0 aliphatic rings. The summed E-state index contributed by atoms with van der Waals surface area (Å²) in [5.41, 5.74) is 0. The van der Waals surface area contributed by atoms with E-state index in [9.17, 15) is 0 Å². The molecule has 8 heteroatoms. The summed E-state index contributed by atoms with van der Waals surface area (Å²) in [5.74, 6) is 0. The summed E-state index contributed by atoms with van der Waals surface area (Å²) >= 11 is 0.